The fourth-order valence-electron chi connectivity index (χ4n) is 3.30. The van der Waals surface area contributed by atoms with Crippen LogP contribution in [0.2, 0.25) is 0 Å². The number of fused-ring (bicyclic) bond motifs is 4. The van der Waals surface area contributed by atoms with Gasteiger partial charge in [-0.25, -0.2) is 4.98 Å². The highest BCUT2D eigenvalue weighted by molar-refractivity contribution is 5.96. The number of aryl methyl sites for hydroxylation is 1. The minimum atomic E-state index is 0.695. The van der Waals surface area contributed by atoms with E-state index < -0.39 is 0 Å². The zero-order valence-electron chi connectivity index (χ0n) is 15.2. The van der Waals surface area contributed by atoms with Gasteiger partial charge in [-0.05, 0) is 25.5 Å². The molecule has 26 heavy (non-hydrogen) atoms. The molecule has 1 heterocycles. The molecule has 0 radical (unpaired) electrons. The summed E-state index contributed by atoms with van der Waals surface area (Å²) in [6.07, 6.45) is 0. The number of anilines is 1. The van der Waals surface area contributed by atoms with Crippen molar-refractivity contribution >= 4 is 27.6 Å². The molecule has 2 aromatic carbocycles. The minimum absolute atomic E-state index is 0.695. The molecule has 0 bridgehead atoms. The van der Waals surface area contributed by atoms with E-state index in [1.54, 1.807) is 0 Å². The van der Waals surface area contributed by atoms with E-state index in [2.05, 4.69) is 48.1 Å². The van der Waals surface area contributed by atoms with Crippen LogP contribution in [0.5, 0.6) is 0 Å². The van der Waals surface area contributed by atoms with Crippen LogP contribution in [0.4, 0.5) is 5.69 Å². The molecular formula is C21H23N4O+. The number of aromatic nitrogens is 1. The number of benzene rings is 3. The van der Waals surface area contributed by atoms with E-state index in [0.29, 0.717) is 6.54 Å². The van der Waals surface area contributed by atoms with E-state index in [-0.39, 0.29) is 0 Å². The summed E-state index contributed by atoms with van der Waals surface area (Å²) < 4.78 is 6.24. The molecule has 0 saturated heterocycles. The molecule has 1 aliphatic carbocycles. The predicted molar refractivity (Wildman–Crippen MR) is 105 cm³/mol. The Labute approximate surface area is 151 Å². The van der Waals surface area contributed by atoms with Crippen molar-refractivity contribution in [3.63, 3.8) is 0 Å². The van der Waals surface area contributed by atoms with E-state index in [1.807, 2.05) is 24.3 Å². The number of nitrogens with zero attached hydrogens (tertiary/aromatic N) is 2. The van der Waals surface area contributed by atoms with Crippen molar-refractivity contribution < 1.29 is 10.2 Å². The van der Waals surface area contributed by atoms with Gasteiger partial charge in [0.15, 0.2) is 11.3 Å². The zero-order valence-corrected chi connectivity index (χ0v) is 15.2. The minimum Gasteiger partial charge on any atom is -0.453 e. The van der Waals surface area contributed by atoms with Crippen LogP contribution < -0.4 is 16.4 Å². The van der Waals surface area contributed by atoms with E-state index >= 15 is 0 Å². The third-order valence-electron chi connectivity index (χ3n) is 4.52. The second-order valence-corrected chi connectivity index (χ2v) is 6.40. The fourth-order valence-corrected chi connectivity index (χ4v) is 3.30. The Kier molecular flexibility index (Phi) is 4.31. The lowest BCUT2D eigenvalue weighted by molar-refractivity contribution is -0.363. The summed E-state index contributed by atoms with van der Waals surface area (Å²) in [5, 5.41) is 6.46. The molecule has 1 aliphatic heterocycles. The summed E-state index contributed by atoms with van der Waals surface area (Å²) in [7, 11) is 0. The van der Waals surface area contributed by atoms with Crippen molar-refractivity contribution in [2.24, 2.45) is 4.99 Å². The van der Waals surface area contributed by atoms with Crippen LogP contribution in [0.1, 0.15) is 12.5 Å². The summed E-state index contributed by atoms with van der Waals surface area (Å²) in [6.45, 7) is 6.50. The third kappa shape index (κ3) is 2.80. The number of rotatable bonds is 4. The molecule has 4 rings (SSSR count). The van der Waals surface area contributed by atoms with Crippen LogP contribution in [0.25, 0.3) is 33.3 Å². The summed E-state index contributed by atoms with van der Waals surface area (Å²) in [5.74, 6) is 0.755. The Morgan fingerprint density at radius 2 is 1.96 bits per heavy atom. The summed E-state index contributed by atoms with van der Waals surface area (Å²) in [5.41, 5.74) is 8.63. The molecular weight excluding hydrogens is 324 g/mol. The van der Waals surface area contributed by atoms with Gasteiger partial charge in [-0.15, -0.1) is 0 Å². The van der Waals surface area contributed by atoms with Gasteiger partial charge in [0.05, 0.1) is 18.4 Å². The van der Waals surface area contributed by atoms with Crippen molar-refractivity contribution in [1.29, 1.82) is 0 Å². The van der Waals surface area contributed by atoms with Crippen molar-refractivity contribution in [2.45, 2.75) is 13.8 Å². The monoisotopic (exact) mass is 347 g/mol. The van der Waals surface area contributed by atoms with E-state index in [4.69, 9.17) is 9.40 Å². The summed E-state index contributed by atoms with van der Waals surface area (Å²) in [4.78, 5) is 9.60. The van der Waals surface area contributed by atoms with Crippen LogP contribution in [0.3, 0.4) is 0 Å². The maximum Gasteiger partial charge on any atom is 0.155 e. The average Bonchev–Trinajstić information content (AvgIpc) is 2.66. The normalized spacial score (nSPS) is 12.3. The first kappa shape index (κ1) is 16.5. The topological polar surface area (TPSA) is 78.1 Å². The molecule has 0 saturated carbocycles. The third-order valence-corrected chi connectivity index (χ3v) is 4.52. The van der Waals surface area contributed by atoms with Crippen LogP contribution >= 0.6 is 0 Å². The van der Waals surface area contributed by atoms with Crippen molar-refractivity contribution in [1.82, 2.24) is 4.98 Å². The number of nitrogens with one attached hydrogen (secondary N) is 1. The molecule has 2 aliphatic rings. The second kappa shape index (κ2) is 6.77. The smallest absolute Gasteiger partial charge is 0.155 e. The molecule has 0 spiro atoms. The van der Waals surface area contributed by atoms with Crippen LogP contribution in [-0.2, 0) is 0 Å². The molecule has 132 valence electrons. The molecule has 5 heteroatoms. The van der Waals surface area contributed by atoms with E-state index in [9.17, 15) is 0 Å². The molecule has 5 nitrogen and oxygen atoms in total. The quantitative estimate of drug-likeness (QED) is 0.440. The number of hydrogen-bond donors (Lipinski definition) is 2. The Balaban J connectivity index is 2.07. The van der Waals surface area contributed by atoms with Gasteiger partial charge >= 0.3 is 0 Å². The van der Waals surface area contributed by atoms with Gasteiger partial charge < -0.3 is 15.5 Å². The SMILES string of the molecule is CCNc1cc2oc3cc(=NCC[NH3+])c4ccccc4c-3nc2cc1C. The van der Waals surface area contributed by atoms with Gasteiger partial charge in [-0.2, -0.15) is 0 Å². The number of hydrogen-bond acceptors (Lipinski definition) is 4. The van der Waals surface area contributed by atoms with Crippen LogP contribution in [-0.4, -0.2) is 24.6 Å². The average molecular weight is 347 g/mol. The molecule has 0 fully saturated rings. The fraction of sp³-hybridized carbons (Fsp3) is 0.238. The maximum atomic E-state index is 6.24. The van der Waals surface area contributed by atoms with E-state index in [0.717, 1.165) is 63.0 Å². The molecule has 0 unspecified atom stereocenters. The largest absolute Gasteiger partial charge is 0.453 e. The maximum absolute atomic E-state index is 6.24. The Morgan fingerprint density at radius 1 is 1.15 bits per heavy atom. The van der Waals surface area contributed by atoms with Gasteiger partial charge in [0, 0.05) is 35.1 Å². The lowest BCUT2D eigenvalue weighted by Gasteiger charge is -2.13. The highest BCUT2D eigenvalue weighted by Gasteiger charge is 2.15. The first-order valence-corrected chi connectivity index (χ1v) is 9.02. The highest BCUT2D eigenvalue weighted by atomic mass is 16.3. The standard InChI is InChI=1S/C21H22N4O/c1-3-23-16-11-19-18(10-13(16)2)25-21-15-7-5-4-6-14(15)17(24-9-8-22)12-20(21)26-19/h4-7,10-12,23H,3,8-9,22H2,1-2H3/p+1. The molecule has 0 amide bonds. The first-order valence-electron chi connectivity index (χ1n) is 9.02. The Morgan fingerprint density at radius 3 is 2.73 bits per heavy atom. The highest BCUT2D eigenvalue weighted by Crippen LogP contribution is 2.32. The molecule has 2 aromatic rings. The van der Waals surface area contributed by atoms with Crippen molar-refractivity contribution in [3.8, 4) is 11.5 Å². The van der Waals surface area contributed by atoms with Gasteiger partial charge in [-0.1, -0.05) is 24.3 Å². The Hall–Kier alpha value is -2.92. The molecule has 4 N–H and O–H groups in total. The van der Waals surface area contributed by atoms with Crippen LogP contribution in [0, 0.1) is 6.92 Å². The van der Waals surface area contributed by atoms with Crippen molar-refractivity contribution in [2.75, 3.05) is 25.0 Å². The Bertz CT molecular complexity index is 1130. The molecule has 0 atom stereocenters. The van der Waals surface area contributed by atoms with Gasteiger partial charge in [0.2, 0.25) is 0 Å². The van der Waals surface area contributed by atoms with E-state index in [1.165, 1.54) is 0 Å². The first-order chi connectivity index (χ1) is 12.7. The number of quaternary nitrogens is 1. The summed E-state index contributed by atoms with van der Waals surface area (Å²) >= 11 is 0. The zero-order chi connectivity index (χ0) is 18.1. The second-order valence-electron chi connectivity index (χ2n) is 6.40. The predicted octanol–water partition coefficient (Wildman–Crippen LogP) is 2.97. The summed E-state index contributed by atoms with van der Waals surface area (Å²) in [6, 6.07) is 14.3. The van der Waals surface area contributed by atoms with Gasteiger partial charge in [-0.3, -0.25) is 4.99 Å². The lowest BCUT2D eigenvalue weighted by Crippen LogP contribution is -2.51. The van der Waals surface area contributed by atoms with Gasteiger partial charge in [0.25, 0.3) is 0 Å². The lowest BCUT2D eigenvalue weighted by atomic mass is 10.0. The molecule has 0 aromatic heterocycles. The van der Waals surface area contributed by atoms with Crippen LogP contribution in [0.15, 0.2) is 51.9 Å². The van der Waals surface area contributed by atoms with Gasteiger partial charge in [0.1, 0.15) is 11.2 Å². The van der Waals surface area contributed by atoms with Crippen molar-refractivity contribution in [3.05, 3.63) is 53.4 Å².